The number of aromatic nitrogens is 3. The summed E-state index contributed by atoms with van der Waals surface area (Å²) in [5.41, 5.74) is 4.51. The van der Waals surface area contributed by atoms with Gasteiger partial charge in [-0.2, -0.15) is 0 Å². The number of aromatic amines is 1. The van der Waals surface area contributed by atoms with Gasteiger partial charge in [0.25, 0.3) is 0 Å². The minimum Gasteiger partial charge on any atom is -0.343 e. The van der Waals surface area contributed by atoms with E-state index in [1.54, 1.807) is 6.20 Å². The Kier molecular flexibility index (Phi) is 2.93. The van der Waals surface area contributed by atoms with Crippen LogP contribution in [0.25, 0.3) is 11.4 Å². The van der Waals surface area contributed by atoms with Crippen molar-refractivity contribution in [2.75, 3.05) is 6.54 Å². The Morgan fingerprint density at radius 2 is 2.28 bits per heavy atom. The van der Waals surface area contributed by atoms with Crippen molar-refractivity contribution in [1.82, 2.24) is 20.3 Å². The molecule has 0 spiro atoms. The van der Waals surface area contributed by atoms with Crippen LogP contribution in [0.4, 0.5) is 0 Å². The summed E-state index contributed by atoms with van der Waals surface area (Å²) >= 11 is 5.38. The molecule has 2 aromatic rings. The van der Waals surface area contributed by atoms with Gasteiger partial charge in [0.05, 0.1) is 0 Å². The highest BCUT2D eigenvalue weighted by Crippen LogP contribution is 2.21. The average molecular weight is 258 g/mol. The first-order valence-corrected chi connectivity index (χ1v) is 6.40. The van der Waals surface area contributed by atoms with E-state index in [0.29, 0.717) is 4.64 Å². The molecule has 0 bridgehead atoms. The molecule has 2 aromatic heterocycles. The van der Waals surface area contributed by atoms with Gasteiger partial charge in [-0.3, -0.25) is 4.98 Å². The molecular weight excluding hydrogens is 244 g/mol. The lowest BCUT2D eigenvalue weighted by Gasteiger charge is -2.18. The van der Waals surface area contributed by atoms with Crippen molar-refractivity contribution in [3.8, 4) is 11.4 Å². The zero-order valence-corrected chi connectivity index (χ0v) is 11.0. The lowest BCUT2D eigenvalue weighted by molar-refractivity contribution is 0.624. The fourth-order valence-corrected chi connectivity index (χ4v) is 2.52. The Morgan fingerprint density at radius 1 is 1.39 bits per heavy atom. The van der Waals surface area contributed by atoms with Crippen LogP contribution >= 0.6 is 12.2 Å². The smallest absolute Gasteiger partial charge is 0.139 e. The predicted octanol–water partition coefficient (Wildman–Crippen LogP) is 2.16. The van der Waals surface area contributed by atoms with Gasteiger partial charge in [-0.15, -0.1) is 0 Å². The Labute approximate surface area is 111 Å². The third-order valence-corrected chi connectivity index (χ3v) is 3.57. The summed E-state index contributed by atoms with van der Waals surface area (Å²) in [4.78, 5) is 12.0. The lowest BCUT2D eigenvalue weighted by atomic mass is 10.1. The average Bonchev–Trinajstić information content (AvgIpc) is 2.39. The second kappa shape index (κ2) is 4.59. The molecule has 4 nitrogen and oxygen atoms in total. The summed E-state index contributed by atoms with van der Waals surface area (Å²) in [5.74, 6) is 0.848. The number of rotatable bonds is 1. The highest BCUT2D eigenvalue weighted by Gasteiger charge is 2.14. The minimum absolute atomic E-state index is 0.696. The van der Waals surface area contributed by atoms with Gasteiger partial charge < -0.3 is 10.3 Å². The van der Waals surface area contributed by atoms with Crippen molar-refractivity contribution in [2.24, 2.45) is 0 Å². The fraction of sp³-hybridized carbons (Fsp3) is 0.308. The van der Waals surface area contributed by atoms with Gasteiger partial charge in [0.15, 0.2) is 0 Å². The minimum atomic E-state index is 0.696. The Balaban J connectivity index is 2.17. The van der Waals surface area contributed by atoms with Crippen LogP contribution in [0.2, 0.25) is 0 Å². The molecule has 18 heavy (non-hydrogen) atoms. The third-order valence-electron chi connectivity index (χ3n) is 3.23. The van der Waals surface area contributed by atoms with Crippen LogP contribution in [-0.4, -0.2) is 21.5 Å². The largest absolute Gasteiger partial charge is 0.343 e. The van der Waals surface area contributed by atoms with E-state index in [9.17, 15) is 0 Å². The Bertz CT molecular complexity index is 648. The van der Waals surface area contributed by atoms with Crippen molar-refractivity contribution in [2.45, 2.75) is 19.9 Å². The highest BCUT2D eigenvalue weighted by molar-refractivity contribution is 7.71. The maximum atomic E-state index is 5.38. The first-order valence-electron chi connectivity index (χ1n) is 5.99. The topological polar surface area (TPSA) is 53.6 Å². The maximum Gasteiger partial charge on any atom is 0.139 e. The zero-order chi connectivity index (χ0) is 12.5. The number of nitrogens with one attached hydrogen (secondary N) is 2. The number of H-pyrrole nitrogens is 1. The number of nitrogens with zero attached hydrogens (tertiary/aromatic N) is 2. The van der Waals surface area contributed by atoms with Crippen molar-refractivity contribution in [3.63, 3.8) is 0 Å². The van der Waals surface area contributed by atoms with Crippen LogP contribution in [-0.2, 0) is 13.0 Å². The molecule has 0 aliphatic carbocycles. The summed E-state index contributed by atoms with van der Waals surface area (Å²) in [6.07, 6.45) is 4.59. The van der Waals surface area contributed by atoms with E-state index in [-0.39, 0.29) is 0 Å². The molecule has 0 atom stereocenters. The van der Waals surface area contributed by atoms with Gasteiger partial charge in [0.1, 0.15) is 10.5 Å². The molecule has 2 N–H and O–H groups in total. The quantitative estimate of drug-likeness (QED) is 0.770. The second-order valence-electron chi connectivity index (χ2n) is 4.47. The summed E-state index contributed by atoms with van der Waals surface area (Å²) in [7, 11) is 0. The van der Waals surface area contributed by atoms with Crippen molar-refractivity contribution in [3.05, 3.63) is 39.9 Å². The molecule has 0 saturated heterocycles. The van der Waals surface area contributed by atoms with E-state index < -0.39 is 0 Å². The molecule has 0 unspecified atom stereocenters. The monoisotopic (exact) mass is 258 g/mol. The van der Waals surface area contributed by atoms with Gasteiger partial charge in [0.2, 0.25) is 0 Å². The predicted molar refractivity (Wildman–Crippen MR) is 72.8 cm³/mol. The SMILES string of the molecule is Cc1cnccc1-c1nc(=S)c2c([nH]1)CCNC2. The van der Waals surface area contributed by atoms with Gasteiger partial charge in [-0.1, -0.05) is 12.2 Å². The molecule has 5 heteroatoms. The molecule has 0 saturated carbocycles. The number of fused-ring (bicyclic) bond motifs is 1. The van der Waals surface area contributed by atoms with Crippen molar-refractivity contribution in [1.29, 1.82) is 0 Å². The third kappa shape index (κ3) is 1.95. The fourth-order valence-electron chi connectivity index (χ4n) is 2.23. The van der Waals surface area contributed by atoms with Crippen LogP contribution in [0.15, 0.2) is 18.5 Å². The van der Waals surface area contributed by atoms with Crippen molar-refractivity contribution < 1.29 is 0 Å². The van der Waals surface area contributed by atoms with Gasteiger partial charge in [-0.25, -0.2) is 4.98 Å². The standard InChI is InChI=1S/C13H14N4S/c1-8-6-14-4-2-9(8)12-16-11-3-5-15-7-10(11)13(18)17-12/h2,4,6,15H,3,5,7H2,1H3,(H,16,17,18). The second-order valence-corrected chi connectivity index (χ2v) is 4.85. The molecule has 0 aromatic carbocycles. The zero-order valence-electron chi connectivity index (χ0n) is 10.2. The number of hydrogen-bond acceptors (Lipinski definition) is 4. The van der Waals surface area contributed by atoms with E-state index in [1.165, 1.54) is 5.69 Å². The molecule has 1 aliphatic rings. The van der Waals surface area contributed by atoms with Crippen LogP contribution < -0.4 is 5.32 Å². The van der Waals surface area contributed by atoms with E-state index in [1.807, 2.05) is 19.2 Å². The first kappa shape index (κ1) is 11.5. The van der Waals surface area contributed by atoms with E-state index >= 15 is 0 Å². The highest BCUT2D eigenvalue weighted by atomic mass is 32.1. The summed E-state index contributed by atoms with van der Waals surface area (Å²) in [6, 6.07) is 1.97. The molecule has 0 amide bonds. The van der Waals surface area contributed by atoms with Crippen LogP contribution in [0, 0.1) is 11.6 Å². The molecule has 3 rings (SSSR count). The summed E-state index contributed by atoms with van der Waals surface area (Å²) in [6.45, 7) is 3.83. The van der Waals surface area contributed by atoms with Gasteiger partial charge in [0, 0.05) is 48.7 Å². The van der Waals surface area contributed by atoms with Crippen LogP contribution in [0.1, 0.15) is 16.8 Å². The summed E-state index contributed by atoms with van der Waals surface area (Å²) in [5, 5.41) is 3.32. The molecule has 3 heterocycles. The van der Waals surface area contributed by atoms with Gasteiger partial charge in [-0.05, 0) is 18.6 Å². The van der Waals surface area contributed by atoms with E-state index in [0.717, 1.165) is 42.0 Å². The summed E-state index contributed by atoms with van der Waals surface area (Å²) < 4.78 is 0.696. The Morgan fingerprint density at radius 3 is 3.11 bits per heavy atom. The Hall–Kier alpha value is -1.59. The molecule has 0 fully saturated rings. The van der Waals surface area contributed by atoms with Crippen LogP contribution in [0.3, 0.4) is 0 Å². The lowest BCUT2D eigenvalue weighted by Crippen LogP contribution is -2.25. The number of pyridine rings is 1. The van der Waals surface area contributed by atoms with Gasteiger partial charge >= 0.3 is 0 Å². The molecular formula is C13H14N4S. The normalized spacial score (nSPS) is 14.3. The van der Waals surface area contributed by atoms with Crippen molar-refractivity contribution >= 4 is 12.2 Å². The number of aryl methyl sites for hydroxylation is 1. The number of hydrogen-bond donors (Lipinski definition) is 2. The molecule has 0 radical (unpaired) electrons. The van der Waals surface area contributed by atoms with Crippen LogP contribution in [0.5, 0.6) is 0 Å². The first-order chi connectivity index (χ1) is 8.75. The van der Waals surface area contributed by atoms with E-state index in [4.69, 9.17) is 12.2 Å². The molecule has 92 valence electrons. The maximum absolute atomic E-state index is 5.38. The molecule has 1 aliphatic heterocycles. The van der Waals surface area contributed by atoms with E-state index in [2.05, 4.69) is 20.3 Å².